The predicted molar refractivity (Wildman–Crippen MR) is 67.2 cm³/mol. The van der Waals surface area contributed by atoms with Gasteiger partial charge in [0.1, 0.15) is 0 Å². The van der Waals surface area contributed by atoms with Gasteiger partial charge in [0.25, 0.3) is 0 Å². The molecule has 1 aromatic heterocycles. The topological polar surface area (TPSA) is 55.1 Å². The maximum absolute atomic E-state index is 11.2. The molecule has 1 saturated carbocycles. The van der Waals surface area contributed by atoms with Crippen molar-refractivity contribution < 1.29 is 9.90 Å². The van der Waals surface area contributed by atoms with E-state index in [0.29, 0.717) is 0 Å². The van der Waals surface area contributed by atoms with Crippen LogP contribution in [0.1, 0.15) is 31.4 Å². The number of aliphatic carboxylic acids is 1. The van der Waals surface area contributed by atoms with E-state index in [-0.39, 0.29) is 11.2 Å². The van der Waals surface area contributed by atoms with Crippen LogP contribution in [0.2, 0.25) is 0 Å². The Labute approximate surface area is 105 Å². The Morgan fingerprint density at radius 3 is 2.82 bits per heavy atom. The molecule has 0 radical (unpaired) electrons. The van der Waals surface area contributed by atoms with Gasteiger partial charge in [0.15, 0.2) is 0 Å². The van der Waals surface area contributed by atoms with Gasteiger partial charge >= 0.3 is 5.97 Å². The van der Waals surface area contributed by atoms with Crippen molar-refractivity contribution in [3.8, 4) is 0 Å². The van der Waals surface area contributed by atoms with E-state index in [2.05, 4.69) is 5.10 Å². The Balaban J connectivity index is 2.10. The second-order valence-electron chi connectivity index (χ2n) is 4.63. The van der Waals surface area contributed by atoms with Crippen LogP contribution in [0.25, 0.3) is 0 Å². The number of carboxylic acid groups (broad SMARTS) is 1. The molecular formula is C12H18N2O2S. The van der Waals surface area contributed by atoms with Gasteiger partial charge in [0.2, 0.25) is 0 Å². The highest BCUT2D eigenvalue weighted by molar-refractivity contribution is 7.99. The third-order valence-electron chi connectivity index (χ3n) is 3.25. The summed E-state index contributed by atoms with van der Waals surface area (Å²) in [6.45, 7) is 1.96. The average molecular weight is 254 g/mol. The Hall–Kier alpha value is -0.970. The summed E-state index contributed by atoms with van der Waals surface area (Å²) in [6.07, 6.45) is 3.98. The summed E-state index contributed by atoms with van der Waals surface area (Å²) in [4.78, 5) is 11.2. The molecule has 1 aliphatic rings. The number of rotatable bonds is 3. The van der Waals surface area contributed by atoms with Gasteiger partial charge < -0.3 is 5.11 Å². The third-order valence-corrected chi connectivity index (χ3v) is 4.74. The van der Waals surface area contributed by atoms with Crippen LogP contribution in [0.4, 0.5) is 0 Å². The van der Waals surface area contributed by atoms with Crippen LogP contribution in [-0.2, 0) is 11.8 Å². The largest absolute Gasteiger partial charge is 0.481 e. The van der Waals surface area contributed by atoms with Crippen LogP contribution in [0.5, 0.6) is 0 Å². The number of hydrogen-bond acceptors (Lipinski definition) is 3. The van der Waals surface area contributed by atoms with Crippen molar-refractivity contribution in [1.29, 1.82) is 0 Å². The van der Waals surface area contributed by atoms with E-state index >= 15 is 0 Å². The number of hydrogen-bond donors (Lipinski definition) is 1. The van der Waals surface area contributed by atoms with Crippen molar-refractivity contribution in [3.63, 3.8) is 0 Å². The van der Waals surface area contributed by atoms with Gasteiger partial charge in [-0.25, -0.2) is 0 Å². The summed E-state index contributed by atoms with van der Waals surface area (Å²) in [5.41, 5.74) is 0.984. The molecule has 0 bridgehead atoms. The van der Waals surface area contributed by atoms with Gasteiger partial charge in [-0.2, -0.15) is 5.10 Å². The third kappa shape index (κ3) is 2.83. The highest BCUT2D eigenvalue weighted by atomic mass is 32.2. The predicted octanol–water partition coefficient (Wildman–Crippen LogP) is 2.46. The molecule has 0 aliphatic heterocycles. The van der Waals surface area contributed by atoms with Gasteiger partial charge in [0, 0.05) is 12.3 Å². The monoisotopic (exact) mass is 254 g/mol. The van der Waals surface area contributed by atoms with Gasteiger partial charge in [-0.1, -0.05) is 12.8 Å². The number of carboxylic acids is 1. The maximum atomic E-state index is 11.2. The van der Waals surface area contributed by atoms with Crippen molar-refractivity contribution in [2.75, 3.05) is 0 Å². The smallest absolute Gasteiger partial charge is 0.307 e. The van der Waals surface area contributed by atoms with Crippen LogP contribution < -0.4 is 0 Å². The van der Waals surface area contributed by atoms with Crippen LogP contribution in [0.3, 0.4) is 0 Å². The summed E-state index contributed by atoms with van der Waals surface area (Å²) in [5.74, 6) is -0.856. The fourth-order valence-electron chi connectivity index (χ4n) is 2.37. The summed E-state index contributed by atoms with van der Waals surface area (Å²) in [5, 5.41) is 14.8. The summed E-state index contributed by atoms with van der Waals surface area (Å²) >= 11 is 1.67. The molecule has 17 heavy (non-hydrogen) atoms. The molecule has 1 N–H and O–H groups in total. The molecule has 0 spiro atoms. The quantitative estimate of drug-likeness (QED) is 0.900. The first kappa shape index (κ1) is 12.5. The van der Waals surface area contributed by atoms with Crippen molar-refractivity contribution in [2.24, 2.45) is 13.0 Å². The Morgan fingerprint density at radius 2 is 2.24 bits per heavy atom. The molecule has 1 aromatic rings. The highest BCUT2D eigenvalue weighted by Gasteiger charge is 2.32. The normalized spacial score (nSPS) is 24.8. The first-order chi connectivity index (χ1) is 8.08. The summed E-state index contributed by atoms with van der Waals surface area (Å²) in [7, 11) is 1.91. The van der Waals surface area contributed by atoms with Crippen LogP contribution >= 0.6 is 11.8 Å². The molecule has 2 atom stereocenters. The van der Waals surface area contributed by atoms with E-state index in [1.165, 1.54) is 0 Å². The fraction of sp³-hybridized carbons (Fsp3) is 0.667. The van der Waals surface area contributed by atoms with E-state index in [1.54, 1.807) is 11.8 Å². The molecule has 2 rings (SSSR count). The van der Waals surface area contributed by atoms with Crippen molar-refractivity contribution in [3.05, 3.63) is 11.8 Å². The zero-order valence-electron chi connectivity index (χ0n) is 10.2. The molecule has 2 unspecified atom stereocenters. The van der Waals surface area contributed by atoms with Crippen molar-refractivity contribution in [1.82, 2.24) is 9.78 Å². The SMILES string of the molecule is Cc1cc(SC2CCCCC2C(=O)O)n(C)n1. The van der Waals surface area contributed by atoms with E-state index in [4.69, 9.17) is 0 Å². The molecule has 1 fully saturated rings. The summed E-state index contributed by atoms with van der Waals surface area (Å²) in [6, 6.07) is 2.03. The number of thioether (sulfide) groups is 1. The minimum atomic E-state index is -0.652. The zero-order valence-corrected chi connectivity index (χ0v) is 11.0. The lowest BCUT2D eigenvalue weighted by Crippen LogP contribution is -2.29. The van der Waals surface area contributed by atoms with E-state index in [1.807, 2.05) is 24.7 Å². The Morgan fingerprint density at radius 1 is 1.53 bits per heavy atom. The highest BCUT2D eigenvalue weighted by Crippen LogP contribution is 2.37. The van der Waals surface area contributed by atoms with Gasteiger partial charge in [0.05, 0.1) is 16.6 Å². The van der Waals surface area contributed by atoms with Gasteiger partial charge in [-0.3, -0.25) is 9.48 Å². The lowest BCUT2D eigenvalue weighted by atomic mass is 9.89. The van der Waals surface area contributed by atoms with Crippen LogP contribution in [0, 0.1) is 12.8 Å². The molecule has 0 amide bonds. The first-order valence-corrected chi connectivity index (χ1v) is 6.86. The second kappa shape index (κ2) is 5.12. The molecule has 0 aromatic carbocycles. The summed E-state index contributed by atoms with van der Waals surface area (Å²) < 4.78 is 1.84. The number of carbonyl (C=O) groups is 1. The molecule has 0 saturated heterocycles. The first-order valence-electron chi connectivity index (χ1n) is 5.98. The lowest BCUT2D eigenvalue weighted by Gasteiger charge is -2.27. The Kier molecular flexibility index (Phi) is 3.76. The van der Waals surface area contributed by atoms with Crippen molar-refractivity contribution >= 4 is 17.7 Å². The molecule has 5 heteroatoms. The molecular weight excluding hydrogens is 236 g/mol. The number of nitrogens with zero attached hydrogens (tertiary/aromatic N) is 2. The maximum Gasteiger partial charge on any atom is 0.307 e. The minimum Gasteiger partial charge on any atom is -0.481 e. The second-order valence-corrected chi connectivity index (χ2v) is 5.89. The van der Waals surface area contributed by atoms with E-state index in [0.717, 1.165) is 36.4 Å². The average Bonchev–Trinajstić information content (AvgIpc) is 2.58. The van der Waals surface area contributed by atoms with Crippen LogP contribution in [0.15, 0.2) is 11.1 Å². The van der Waals surface area contributed by atoms with E-state index in [9.17, 15) is 9.90 Å². The molecule has 4 nitrogen and oxygen atoms in total. The van der Waals surface area contributed by atoms with E-state index < -0.39 is 5.97 Å². The standard InChI is InChI=1S/C12H18N2O2S/c1-8-7-11(14(2)13-8)17-10-6-4-3-5-9(10)12(15)16/h7,9-10H,3-6H2,1-2H3,(H,15,16). The van der Waals surface area contributed by atoms with Crippen molar-refractivity contribution in [2.45, 2.75) is 42.9 Å². The van der Waals surface area contributed by atoms with Crippen LogP contribution in [-0.4, -0.2) is 26.1 Å². The zero-order chi connectivity index (χ0) is 12.4. The minimum absolute atomic E-state index is 0.191. The Bertz CT molecular complexity index is 417. The fourth-order valence-corrected chi connectivity index (χ4v) is 3.82. The molecule has 94 valence electrons. The van der Waals surface area contributed by atoms with Gasteiger partial charge in [-0.15, -0.1) is 11.8 Å². The molecule has 1 aliphatic carbocycles. The molecule has 1 heterocycles. The number of aryl methyl sites for hydroxylation is 2. The van der Waals surface area contributed by atoms with Gasteiger partial charge in [-0.05, 0) is 25.8 Å². The lowest BCUT2D eigenvalue weighted by molar-refractivity contribution is -0.142. The number of aromatic nitrogens is 2.